The van der Waals surface area contributed by atoms with Gasteiger partial charge in [-0.15, -0.1) is 0 Å². The molecule has 6 heteroatoms. The highest BCUT2D eigenvalue weighted by Gasteiger charge is 2.05. The molecule has 0 saturated heterocycles. The molecule has 0 atom stereocenters. The van der Waals surface area contributed by atoms with Gasteiger partial charge in [-0.1, -0.05) is 46.4 Å². The number of para-hydroxylation sites is 1. The average molecular weight is 294 g/mol. The van der Waals surface area contributed by atoms with Gasteiger partial charge in [0.25, 0.3) is 0 Å². The standard InChI is InChI=1S/C13H14N2O2S2/c1-3-12(10(2)14-8-16)18-19-13-7-5-4-6-11(13)15-9-17/h3-9H,1H2,2H3,(H,14,16)(H,15,17)/b12-10-. The maximum absolute atomic E-state index is 10.5. The van der Waals surface area contributed by atoms with Crippen LogP contribution in [0.25, 0.3) is 0 Å². The summed E-state index contributed by atoms with van der Waals surface area (Å²) in [5.41, 5.74) is 1.49. The first-order valence-electron chi connectivity index (χ1n) is 5.40. The van der Waals surface area contributed by atoms with Gasteiger partial charge in [0.1, 0.15) is 0 Å². The van der Waals surface area contributed by atoms with E-state index in [9.17, 15) is 9.59 Å². The van der Waals surface area contributed by atoms with Gasteiger partial charge in [-0.2, -0.15) is 0 Å². The summed E-state index contributed by atoms with van der Waals surface area (Å²) in [6, 6.07) is 7.48. The quantitative estimate of drug-likeness (QED) is 0.439. The molecular formula is C13H14N2O2S2. The van der Waals surface area contributed by atoms with E-state index in [-0.39, 0.29) is 0 Å². The first-order chi connectivity index (χ1) is 9.22. The van der Waals surface area contributed by atoms with Crippen LogP contribution in [0.2, 0.25) is 0 Å². The topological polar surface area (TPSA) is 58.2 Å². The summed E-state index contributed by atoms with van der Waals surface area (Å²) < 4.78 is 0. The van der Waals surface area contributed by atoms with Crippen LogP contribution in [0.1, 0.15) is 6.92 Å². The van der Waals surface area contributed by atoms with Gasteiger partial charge in [-0.25, -0.2) is 0 Å². The number of allylic oxidation sites excluding steroid dienone is 2. The minimum Gasteiger partial charge on any atom is -0.331 e. The maximum Gasteiger partial charge on any atom is 0.211 e. The Morgan fingerprint density at radius 1 is 1.26 bits per heavy atom. The molecule has 0 radical (unpaired) electrons. The van der Waals surface area contributed by atoms with E-state index in [4.69, 9.17) is 0 Å². The zero-order chi connectivity index (χ0) is 14.1. The van der Waals surface area contributed by atoms with Crippen molar-refractivity contribution in [1.82, 2.24) is 5.32 Å². The number of rotatable bonds is 8. The van der Waals surface area contributed by atoms with E-state index in [1.807, 2.05) is 24.3 Å². The van der Waals surface area contributed by atoms with Crippen LogP contribution in [0.3, 0.4) is 0 Å². The SMILES string of the molecule is C=C/C(SSc1ccccc1NC=O)=C(\C)NC=O. The number of carbonyl (C=O) groups is 2. The Morgan fingerprint density at radius 3 is 2.63 bits per heavy atom. The number of anilines is 1. The second-order valence-electron chi connectivity index (χ2n) is 3.38. The number of amides is 2. The number of nitrogens with one attached hydrogen (secondary N) is 2. The Hall–Kier alpha value is -1.66. The first kappa shape index (κ1) is 15.4. The van der Waals surface area contributed by atoms with Crippen molar-refractivity contribution in [2.45, 2.75) is 11.8 Å². The van der Waals surface area contributed by atoms with Crippen molar-refractivity contribution in [1.29, 1.82) is 0 Å². The molecule has 0 unspecified atom stereocenters. The molecule has 19 heavy (non-hydrogen) atoms. The summed E-state index contributed by atoms with van der Waals surface area (Å²) in [4.78, 5) is 22.7. The Labute approximate surface area is 120 Å². The molecule has 4 nitrogen and oxygen atoms in total. The van der Waals surface area contributed by atoms with Crippen LogP contribution < -0.4 is 10.6 Å². The van der Waals surface area contributed by atoms with Gasteiger partial charge in [0.05, 0.1) is 5.69 Å². The van der Waals surface area contributed by atoms with E-state index < -0.39 is 0 Å². The Kier molecular flexibility index (Phi) is 6.84. The zero-order valence-corrected chi connectivity index (χ0v) is 12.0. The second kappa shape index (κ2) is 8.44. The number of carbonyl (C=O) groups excluding carboxylic acids is 2. The summed E-state index contributed by atoms with van der Waals surface area (Å²) in [5, 5.41) is 5.24. The minimum atomic E-state index is 0.631. The highest BCUT2D eigenvalue weighted by Crippen LogP contribution is 2.41. The van der Waals surface area contributed by atoms with E-state index >= 15 is 0 Å². The Morgan fingerprint density at radius 2 is 2.00 bits per heavy atom. The summed E-state index contributed by atoms with van der Waals surface area (Å²) in [7, 11) is 2.95. The molecule has 0 aliphatic heterocycles. The zero-order valence-electron chi connectivity index (χ0n) is 10.4. The predicted molar refractivity (Wildman–Crippen MR) is 81.7 cm³/mol. The fourth-order valence-electron chi connectivity index (χ4n) is 1.22. The molecule has 0 aliphatic carbocycles. The monoisotopic (exact) mass is 294 g/mol. The maximum atomic E-state index is 10.5. The van der Waals surface area contributed by atoms with Gasteiger partial charge < -0.3 is 10.6 Å². The van der Waals surface area contributed by atoms with E-state index in [1.54, 1.807) is 13.0 Å². The van der Waals surface area contributed by atoms with Gasteiger partial charge in [-0.05, 0) is 19.1 Å². The third kappa shape index (κ3) is 4.84. The third-order valence-corrected chi connectivity index (χ3v) is 4.75. The smallest absolute Gasteiger partial charge is 0.211 e. The molecule has 0 heterocycles. The third-order valence-electron chi connectivity index (χ3n) is 2.15. The van der Waals surface area contributed by atoms with Crippen LogP contribution in [0.4, 0.5) is 5.69 Å². The lowest BCUT2D eigenvalue weighted by Gasteiger charge is -2.09. The average Bonchev–Trinajstić information content (AvgIpc) is 2.42. The van der Waals surface area contributed by atoms with E-state index in [1.165, 1.54) is 21.6 Å². The lowest BCUT2D eigenvalue weighted by Crippen LogP contribution is -2.08. The predicted octanol–water partition coefficient (Wildman–Crippen LogP) is 3.16. The van der Waals surface area contributed by atoms with Crippen LogP contribution in [0, 0.1) is 0 Å². The van der Waals surface area contributed by atoms with Crippen LogP contribution in [-0.4, -0.2) is 12.8 Å². The van der Waals surface area contributed by atoms with Crippen molar-refractivity contribution >= 4 is 40.1 Å². The van der Waals surface area contributed by atoms with Gasteiger partial charge in [0.15, 0.2) is 0 Å². The van der Waals surface area contributed by atoms with Gasteiger partial charge >= 0.3 is 0 Å². The molecule has 0 bridgehead atoms. The van der Waals surface area contributed by atoms with Crippen molar-refractivity contribution in [3.63, 3.8) is 0 Å². The minimum absolute atomic E-state index is 0.631. The Balaban J connectivity index is 2.80. The molecule has 2 amide bonds. The summed E-state index contributed by atoms with van der Waals surface area (Å²) in [5.74, 6) is 0. The fourth-order valence-corrected chi connectivity index (χ4v) is 3.56. The Bertz CT molecular complexity index is 501. The van der Waals surface area contributed by atoms with E-state index in [0.29, 0.717) is 12.8 Å². The molecule has 100 valence electrons. The molecule has 1 aromatic rings. The van der Waals surface area contributed by atoms with Crippen molar-refractivity contribution < 1.29 is 9.59 Å². The van der Waals surface area contributed by atoms with Crippen molar-refractivity contribution in [2.75, 3.05) is 5.32 Å². The number of hydrogen-bond donors (Lipinski definition) is 2. The van der Waals surface area contributed by atoms with Crippen LogP contribution in [-0.2, 0) is 9.59 Å². The molecule has 1 rings (SSSR count). The van der Waals surface area contributed by atoms with E-state index in [0.717, 1.165) is 21.2 Å². The molecule has 0 fully saturated rings. The first-order valence-corrected chi connectivity index (χ1v) is 7.55. The van der Waals surface area contributed by atoms with Gasteiger partial charge in [0, 0.05) is 15.5 Å². The second-order valence-corrected chi connectivity index (χ2v) is 5.59. The van der Waals surface area contributed by atoms with Gasteiger partial charge in [0.2, 0.25) is 12.8 Å². The molecular weight excluding hydrogens is 280 g/mol. The van der Waals surface area contributed by atoms with Crippen molar-refractivity contribution in [2.24, 2.45) is 0 Å². The van der Waals surface area contributed by atoms with Crippen LogP contribution in [0.15, 0.2) is 52.4 Å². The van der Waals surface area contributed by atoms with Gasteiger partial charge in [-0.3, -0.25) is 9.59 Å². The molecule has 0 spiro atoms. The van der Waals surface area contributed by atoms with Crippen molar-refractivity contribution in [3.8, 4) is 0 Å². The normalized spacial score (nSPS) is 11.2. The number of benzene rings is 1. The lowest BCUT2D eigenvalue weighted by molar-refractivity contribution is -0.109. The molecule has 1 aromatic carbocycles. The van der Waals surface area contributed by atoms with E-state index in [2.05, 4.69) is 17.2 Å². The van der Waals surface area contributed by atoms with Crippen LogP contribution >= 0.6 is 21.6 Å². The fraction of sp³-hybridized carbons (Fsp3) is 0.0769. The summed E-state index contributed by atoms with van der Waals surface area (Å²) in [6.07, 6.45) is 2.96. The van der Waals surface area contributed by atoms with Crippen LogP contribution in [0.5, 0.6) is 0 Å². The molecule has 0 saturated carbocycles. The number of hydrogen-bond acceptors (Lipinski definition) is 4. The highest BCUT2D eigenvalue weighted by molar-refractivity contribution is 8.78. The summed E-state index contributed by atoms with van der Waals surface area (Å²) in [6.45, 7) is 5.52. The highest BCUT2D eigenvalue weighted by atomic mass is 33.1. The molecule has 2 N–H and O–H groups in total. The largest absolute Gasteiger partial charge is 0.331 e. The summed E-state index contributed by atoms with van der Waals surface area (Å²) >= 11 is 0. The molecule has 0 aromatic heterocycles. The van der Waals surface area contributed by atoms with Crippen molar-refractivity contribution in [3.05, 3.63) is 47.5 Å². The molecule has 0 aliphatic rings. The lowest BCUT2D eigenvalue weighted by atomic mass is 10.3.